The molecule has 1 N–H and O–H groups in total. The summed E-state index contributed by atoms with van der Waals surface area (Å²) in [6, 6.07) is 6.25. The van der Waals surface area contributed by atoms with Crippen molar-refractivity contribution in [3.63, 3.8) is 0 Å². The van der Waals surface area contributed by atoms with Crippen molar-refractivity contribution in [2.75, 3.05) is 12.3 Å². The Hall–Kier alpha value is -0.730. The molecule has 2 rings (SSSR count). The van der Waals surface area contributed by atoms with Crippen LogP contribution in [0.5, 0.6) is 0 Å². The molecule has 0 saturated heterocycles. The third-order valence-corrected chi connectivity index (χ3v) is 3.15. The van der Waals surface area contributed by atoms with Crippen LogP contribution in [-0.2, 0) is 10.1 Å². The zero-order valence-electron chi connectivity index (χ0n) is 9.66. The van der Waals surface area contributed by atoms with Gasteiger partial charge in [-0.1, -0.05) is 12.1 Å². The van der Waals surface area contributed by atoms with Crippen molar-refractivity contribution in [1.82, 2.24) is 4.90 Å². The number of carbonyl (C=O) groups is 2. The number of hydrogen-bond donors (Lipinski definition) is 1. The number of amides is 2. The van der Waals surface area contributed by atoms with Crippen LogP contribution in [0.25, 0.3) is 0 Å². The molecule has 0 atom stereocenters. The molecule has 0 radical (unpaired) electrons. The number of nitrogens with zero attached hydrogens (tertiary/aromatic N) is 1. The van der Waals surface area contributed by atoms with Gasteiger partial charge in [-0.2, -0.15) is 8.42 Å². The number of benzene rings is 1. The molecule has 1 aliphatic rings. The van der Waals surface area contributed by atoms with E-state index < -0.39 is 27.7 Å². The van der Waals surface area contributed by atoms with E-state index in [9.17, 15) is 18.0 Å². The molecular formula is C10H9NNaO5S+. The van der Waals surface area contributed by atoms with Crippen LogP contribution in [0.1, 0.15) is 20.7 Å². The monoisotopic (exact) mass is 278 g/mol. The fraction of sp³-hybridized carbons (Fsp3) is 0.200. The van der Waals surface area contributed by atoms with Crippen molar-refractivity contribution >= 4 is 21.9 Å². The first-order valence-corrected chi connectivity index (χ1v) is 6.41. The molecule has 0 bridgehead atoms. The molecule has 1 aromatic rings. The van der Waals surface area contributed by atoms with E-state index in [0.29, 0.717) is 0 Å². The Morgan fingerprint density at radius 2 is 1.50 bits per heavy atom. The first-order chi connectivity index (χ1) is 7.90. The van der Waals surface area contributed by atoms with Gasteiger partial charge in [-0.05, 0) is 12.1 Å². The van der Waals surface area contributed by atoms with Gasteiger partial charge < -0.3 is 0 Å². The Bertz CT molecular complexity index is 563. The van der Waals surface area contributed by atoms with Gasteiger partial charge in [0.15, 0.2) is 0 Å². The Labute approximate surface area is 126 Å². The molecule has 8 heteroatoms. The standard InChI is InChI=1S/C10H9NO5S.Na/c12-9-7-3-1-2-4-8(7)10(13)11(9)5-6-17(14,15)16;/h1-4H,5-6H2,(H,14,15,16);/q;+1. The van der Waals surface area contributed by atoms with Gasteiger partial charge in [0, 0.05) is 6.54 Å². The van der Waals surface area contributed by atoms with Crippen LogP contribution >= 0.6 is 0 Å². The van der Waals surface area contributed by atoms with Crippen LogP contribution in [0.4, 0.5) is 0 Å². The van der Waals surface area contributed by atoms with Crippen molar-refractivity contribution in [1.29, 1.82) is 0 Å². The second-order valence-electron chi connectivity index (χ2n) is 3.59. The minimum absolute atomic E-state index is 0. The van der Waals surface area contributed by atoms with Crippen molar-refractivity contribution in [3.8, 4) is 0 Å². The normalized spacial score (nSPS) is 14.4. The molecule has 0 spiro atoms. The fourth-order valence-corrected chi connectivity index (χ4v) is 2.06. The maximum absolute atomic E-state index is 11.8. The Morgan fingerprint density at radius 3 is 1.89 bits per heavy atom. The predicted octanol–water partition coefficient (Wildman–Crippen LogP) is -2.83. The van der Waals surface area contributed by atoms with Crippen molar-refractivity contribution in [2.45, 2.75) is 0 Å². The summed E-state index contributed by atoms with van der Waals surface area (Å²) in [5.74, 6) is -1.72. The van der Waals surface area contributed by atoms with E-state index in [1.807, 2.05) is 0 Å². The molecule has 1 heterocycles. The number of fused-ring (bicyclic) bond motifs is 1. The van der Waals surface area contributed by atoms with Crippen molar-refractivity contribution < 1.29 is 52.1 Å². The van der Waals surface area contributed by atoms with E-state index in [1.54, 1.807) is 12.1 Å². The van der Waals surface area contributed by atoms with E-state index in [1.165, 1.54) is 12.1 Å². The fourth-order valence-electron chi connectivity index (χ4n) is 1.65. The molecular weight excluding hydrogens is 269 g/mol. The summed E-state index contributed by atoms with van der Waals surface area (Å²) in [6.45, 7) is -0.342. The Kier molecular flexibility index (Phi) is 4.68. The van der Waals surface area contributed by atoms with Gasteiger partial charge in [0.05, 0.1) is 16.9 Å². The summed E-state index contributed by atoms with van der Waals surface area (Å²) in [7, 11) is -4.19. The average molecular weight is 278 g/mol. The second kappa shape index (κ2) is 5.50. The summed E-state index contributed by atoms with van der Waals surface area (Å²) in [5.41, 5.74) is 0.515. The molecule has 1 aromatic carbocycles. The third-order valence-electron chi connectivity index (χ3n) is 2.45. The number of imide groups is 1. The molecule has 0 fully saturated rings. The molecule has 1 aliphatic heterocycles. The summed E-state index contributed by atoms with van der Waals surface area (Å²) in [6.07, 6.45) is 0. The maximum atomic E-state index is 11.8. The van der Waals surface area contributed by atoms with Gasteiger partial charge in [-0.15, -0.1) is 0 Å². The summed E-state index contributed by atoms with van der Waals surface area (Å²) in [4.78, 5) is 24.3. The first kappa shape index (κ1) is 15.3. The zero-order valence-corrected chi connectivity index (χ0v) is 12.5. The smallest absolute Gasteiger partial charge is 0.285 e. The molecule has 18 heavy (non-hydrogen) atoms. The number of hydrogen-bond acceptors (Lipinski definition) is 4. The Morgan fingerprint density at radius 1 is 1.06 bits per heavy atom. The topological polar surface area (TPSA) is 91.8 Å². The van der Waals surface area contributed by atoms with Crippen LogP contribution in [0.15, 0.2) is 24.3 Å². The van der Waals surface area contributed by atoms with Gasteiger partial charge in [0.2, 0.25) is 0 Å². The predicted molar refractivity (Wildman–Crippen MR) is 58.2 cm³/mol. The maximum Gasteiger partial charge on any atom is 1.00 e. The van der Waals surface area contributed by atoms with Gasteiger partial charge in [-0.25, -0.2) is 0 Å². The quantitative estimate of drug-likeness (QED) is 0.366. The average Bonchev–Trinajstić information content (AvgIpc) is 2.49. The number of rotatable bonds is 3. The number of carbonyl (C=O) groups excluding carboxylic acids is 2. The van der Waals surface area contributed by atoms with Gasteiger partial charge in [-0.3, -0.25) is 19.0 Å². The minimum atomic E-state index is -4.19. The Balaban J connectivity index is 0.00000162. The van der Waals surface area contributed by atoms with Gasteiger partial charge in [0.25, 0.3) is 21.9 Å². The molecule has 0 unspecified atom stereocenters. The van der Waals surface area contributed by atoms with E-state index >= 15 is 0 Å². The molecule has 6 nitrogen and oxygen atoms in total. The zero-order chi connectivity index (χ0) is 12.6. The van der Waals surface area contributed by atoms with E-state index in [-0.39, 0.29) is 47.2 Å². The van der Waals surface area contributed by atoms with Crippen LogP contribution in [0.2, 0.25) is 0 Å². The molecule has 0 aliphatic carbocycles. The van der Waals surface area contributed by atoms with E-state index in [0.717, 1.165) is 4.90 Å². The van der Waals surface area contributed by atoms with Crippen LogP contribution in [0.3, 0.4) is 0 Å². The summed E-state index contributed by atoms with van der Waals surface area (Å²) in [5, 5.41) is 0. The van der Waals surface area contributed by atoms with Crippen molar-refractivity contribution in [3.05, 3.63) is 35.4 Å². The minimum Gasteiger partial charge on any atom is -0.285 e. The van der Waals surface area contributed by atoms with Crippen LogP contribution in [0, 0.1) is 0 Å². The van der Waals surface area contributed by atoms with Gasteiger partial charge in [0.1, 0.15) is 0 Å². The third kappa shape index (κ3) is 2.99. The summed E-state index contributed by atoms with van der Waals surface area (Å²) < 4.78 is 29.8. The summed E-state index contributed by atoms with van der Waals surface area (Å²) >= 11 is 0. The first-order valence-electron chi connectivity index (χ1n) is 4.80. The molecule has 0 aromatic heterocycles. The van der Waals surface area contributed by atoms with E-state index in [4.69, 9.17) is 4.55 Å². The largest absolute Gasteiger partial charge is 1.00 e. The van der Waals surface area contributed by atoms with Crippen LogP contribution < -0.4 is 29.6 Å². The molecule has 90 valence electrons. The second-order valence-corrected chi connectivity index (χ2v) is 5.17. The molecule has 2 amide bonds. The van der Waals surface area contributed by atoms with Gasteiger partial charge >= 0.3 is 29.6 Å². The molecule has 0 saturated carbocycles. The van der Waals surface area contributed by atoms with E-state index in [2.05, 4.69) is 0 Å². The SMILES string of the molecule is O=C1c2ccccc2C(=O)N1CCS(=O)(=O)O.[Na+]. The van der Waals surface area contributed by atoms with Crippen molar-refractivity contribution in [2.24, 2.45) is 0 Å². The van der Waals surface area contributed by atoms with Crippen LogP contribution in [-0.4, -0.2) is 42.0 Å².